The first-order valence-corrected chi connectivity index (χ1v) is 13.1. The molecule has 0 spiro atoms. The number of hydrogen-bond acceptors (Lipinski definition) is 5. The van der Waals surface area contributed by atoms with E-state index in [0.717, 1.165) is 57.0 Å². The Hall–Kier alpha value is -1.83. The molecule has 1 unspecified atom stereocenters. The van der Waals surface area contributed by atoms with Gasteiger partial charge in [-0.25, -0.2) is 9.97 Å². The number of fused-ring (bicyclic) bond motifs is 1. The van der Waals surface area contributed by atoms with Crippen LogP contribution in [-0.2, 0) is 6.42 Å². The SMILES string of the molecule is C.Cc1ncnc(C)c1C(=O)N1CCC(N2CCN(C3CCc4ccc(Br)cc43)[C@@H](C)C2)CC1. The molecule has 0 N–H and O–H groups in total. The van der Waals surface area contributed by atoms with E-state index in [4.69, 9.17) is 0 Å². The zero-order valence-corrected chi connectivity index (χ0v) is 21.5. The minimum atomic E-state index is 0. The van der Waals surface area contributed by atoms with Gasteiger partial charge in [0.2, 0.25) is 0 Å². The standard InChI is InChI=1S/C26H34BrN5O.CH4/c1-17-15-31(12-13-32(17)24-7-5-20-4-6-21(27)14-23(20)24)22-8-10-30(11-9-22)26(33)25-18(2)28-16-29-19(25)3;/h4,6,14,16-17,22,24H,5,7-13,15H2,1-3H3;1H4/t17-,24?;/m0./s1. The zero-order chi connectivity index (χ0) is 23.1. The summed E-state index contributed by atoms with van der Waals surface area (Å²) < 4.78 is 1.19. The van der Waals surface area contributed by atoms with Crippen molar-refractivity contribution in [1.82, 2.24) is 24.7 Å². The molecule has 1 amide bonds. The molecule has 7 heteroatoms. The lowest BCUT2D eigenvalue weighted by molar-refractivity contribution is 0.0103. The number of benzene rings is 1. The van der Waals surface area contributed by atoms with Crippen molar-refractivity contribution in [2.24, 2.45) is 0 Å². The third-order valence-corrected chi connectivity index (χ3v) is 8.47. The minimum Gasteiger partial charge on any atom is -0.338 e. The van der Waals surface area contributed by atoms with Gasteiger partial charge in [-0.2, -0.15) is 0 Å². The van der Waals surface area contributed by atoms with Gasteiger partial charge in [-0.1, -0.05) is 29.4 Å². The van der Waals surface area contributed by atoms with E-state index in [1.165, 1.54) is 34.8 Å². The maximum absolute atomic E-state index is 13.1. The maximum Gasteiger partial charge on any atom is 0.257 e. The molecular formula is C27H38BrN5O. The molecule has 0 saturated carbocycles. The fraction of sp³-hybridized carbons (Fsp3) is 0.593. The van der Waals surface area contributed by atoms with Crippen molar-refractivity contribution in [2.75, 3.05) is 32.7 Å². The molecule has 0 bridgehead atoms. The van der Waals surface area contributed by atoms with E-state index in [0.29, 0.717) is 23.7 Å². The number of likely N-dealkylation sites (tertiary alicyclic amines) is 1. The molecule has 2 aliphatic heterocycles. The summed E-state index contributed by atoms with van der Waals surface area (Å²) >= 11 is 3.67. The van der Waals surface area contributed by atoms with Crippen LogP contribution in [0.25, 0.3) is 0 Å². The van der Waals surface area contributed by atoms with Crippen LogP contribution in [0.1, 0.15) is 72.5 Å². The largest absolute Gasteiger partial charge is 0.338 e. The van der Waals surface area contributed by atoms with Crippen LogP contribution in [0.5, 0.6) is 0 Å². The van der Waals surface area contributed by atoms with Gasteiger partial charge in [-0.15, -0.1) is 0 Å². The van der Waals surface area contributed by atoms with E-state index in [1.807, 2.05) is 18.7 Å². The lowest BCUT2D eigenvalue weighted by Crippen LogP contribution is -2.57. The number of piperazine rings is 1. The third kappa shape index (κ3) is 4.79. The van der Waals surface area contributed by atoms with Crippen LogP contribution in [0.15, 0.2) is 29.0 Å². The highest BCUT2D eigenvalue weighted by atomic mass is 79.9. The molecule has 3 aliphatic rings. The number of rotatable bonds is 3. The highest BCUT2D eigenvalue weighted by Gasteiger charge is 2.37. The number of hydrogen-bond donors (Lipinski definition) is 0. The quantitative estimate of drug-likeness (QED) is 0.574. The van der Waals surface area contributed by atoms with Gasteiger partial charge < -0.3 is 4.90 Å². The summed E-state index contributed by atoms with van der Waals surface area (Å²) in [5.74, 6) is 0.0910. The van der Waals surface area contributed by atoms with Gasteiger partial charge in [0.15, 0.2) is 0 Å². The molecule has 0 radical (unpaired) electrons. The number of carbonyl (C=O) groups is 1. The molecule has 2 fully saturated rings. The summed E-state index contributed by atoms with van der Waals surface area (Å²) in [6.45, 7) is 11.2. The first-order chi connectivity index (χ1) is 15.9. The molecule has 2 aromatic rings. The topological polar surface area (TPSA) is 52.6 Å². The molecule has 184 valence electrons. The number of aromatic nitrogens is 2. The van der Waals surface area contributed by atoms with Crippen LogP contribution in [-0.4, -0.2) is 75.4 Å². The first-order valence-electron chi connectivity index (χ1n) is 12.3. The fourth-order valence-electron chi connectivity index (χ4n) is 6.19. The molecular weight excluding hydrogens is 490 g/mol. The Labute approximate surface area is 212 Å². The van der Waals surface area contributed by atoms with Gasteiger partial charge in [0.05, 0.1) is 17.0 Å². The Bertz CT molecular complexity index is 1020. The van der Waals surface area contributed by atoms with Crippen molar-refractivity contribution in [3.8, 4) is 0 Å². The van der Waals surface area contributed by atoms with E-state index in [1.54, 1.807) is 0 Å². The van der Waals surface area contributed by atoms with Crippen LogP contribution in [0.2, 0.25) is 0 Å². The predicted molar refractivity (Wildman–Crippen MR) is 140 cm³/mol. The summed E-state index contributed by atoms with van der Waals surface area (Å²) in [7, 11) is 0. The lowest BCUT2D eigenvalue weighted by Gasteiger charge is -2.47. The molecule has 5 rings (SSSR count). The smallest absolute Gasteiger partial charge is 0.257 e. The summed E-state index contributed by atoms with van der Waals surface area (Å²) in [5.41, 5.74) is 5.28. The molecule has 34 heavy (non-hydrogen) atoms. The highest BCUT2D eigenvalue weighted by Crippen LogP contribution is 2.39. The van der Waals surface area contributed by atoms with E-state index in [2.05, 4.69) is 60.8 Å². The second-order valence-corrected chi connectivity index (χ2v) is 10.8. The molecule has 2 atom stereocenters. The summed E-state index contributed by atoms with van der Waals surface area (Å²) in [6, 6.07) is 8.46. The maximum atomic E-state index is 13.1. The number of piperidine rings is 1. The van der Waals surface area contributed by atoms with Gasteiger partial charge in [0.1, 0.15) is 6.33 Å². The lowest BCUT2D eigenvalue weighted by atomic mass is 9.98. The van der Waals surface area contributed by atoms with E-state index in [-0.39, 0.29) is 13.3 Å². The van der Waals surface area contributed by atoms with Crippen molar-refractivity contribution < 1.29 is 4.79 Å². The number of carbonyl (C=O) groups excluding carboxylic acids is 1. The van der Waals surface area contributed by atoms with Gasteiger partial charge in [0, 0.05) is 55.3 Å². The molecule has 6 nitrogen and oxygen atoms in total. The van der Waals surface area contributed by atoms with E-state index in [9.17, 15) is 4.79 Å². The molecule has 3 heterocycles. The Morgan fingerprint density at radius 2 is 1.74 bits per heavy atom. The number of nitrogens with zero attached hydrogens (tertiary/aromatic N) is 5. The van der Waals surface area contributed by atoms with E-state index >= 15 is 0 Å². The summed E-state index contributed by atoms with van der Waals surface area (Å²) in [4.78, 5) is 29.0. The normalized spacial score (nSPS) is 24.1. The molecule has 1 aliphatic carbocycles. The molecule has 1 aromatic carbocycles. The van der Waals surface area contributed by atoms with Crippen molar-refractivity contribution in [3.63, 3.8) is 0 Å². The average Bonchev–Trinajstić information content (AvgIpc) is 3.21. The molecule has 2 saturated heterocycles. The fourth-order valence-corrected chi connectivity index (χ4v) is 6.56. The van der Waals surface area contributed by atoms with Crippen LogP contribution in [0, 0.1) is 13.8 Å². The average molecular weight is 529 g/mol. The second kappa shape index (κ2) is 10.4. The van der Waals surface area contributed by atoms with Crippen molar-refractivity contribution in [3.05, 3.63) is 57.1 Å². The zero-order valence-electron chi connectivity index (χ0n) is 19.9. The Morgan fingerprint density at radius 3 is 2.41 bits per heavy atom. The monoisotopic (exact) mass is 527 g/mol. The number of amides is 1. The van der Waals surface area contributed by atoms with Gasteiger partial charge in [-0.05, 0) is 69.7 Å². The van der Waals surface area contributed by atoms with Crippen LogP contribution in [0.4, 0.5) is 0 Å². The Balaban J connectivity index is 0.00000274. The van der Waals surface area contributed by atoms with Gasteiger partial charge >= 0.3 is 0 Å². The summed E-state index contributed by atoms with van der Waals surface area (Å²) in [5, 5.41) is 0. The van der Waals surface area contributed by atoms with Crippen LogP contribution < -0.4 is 0 Å². The van der Waals surface area contributed by atoms with E-state index < -0.39 is 0 Å². The third-order valence-electron chi connectivity index (χ3n) is 7.97. The number of halogens is 1. The minimum absolute atomic E-state index is 0. The Morgan fingerprint density at radius 1 is 1.03 bits per heavy atom. The van der Waals surface area contributed by atoms with Crippen molar-refractivity contribution in [2.45, 2.75) is 72.0 Å². The van der Waals surface area contributed by atoms with Gasteiger partial charge in [0.25, 0.3) is 5.91 Å². The second-order valence-electron chi connectivity index (χ2n) is 9.92. The Kier molecular flexibility index (Phi) is 7.75. The first kappa shape index (κ1) is 25.3. The van der Waals surface area contributed by atoms with Crippen molar-refractivity contribution >= 4 is 21.8 Å². The molecule has 1 aromatic heterocycles. The summed E-state index contributed by atoms with van der Waals surface area (Å²) in [6.07, 6.45) is 6.06. The highest BCUT2D eigenvalue weighted by molar-refractivity contribution is 9.10. The van der Waals surface area contributed by atoms with Crippen LogP contribution in [0.3, 0.4) is 0 Å². The van der Waals surface area contributed by atoms with Crippen molar-refractivity contribution in [1.29, 1.82) is 0 Å². The van der Waals surface area contributed by atoms with Crippen LogP contribution >= 0.6 is 15.9 Å². The number of aryl methyl sites for hydroxylation is 3. The van der Waals surface area contributed by atoms with Gasteiger partial charge in [-0.3, -0.25) is 14.6 Å². The predicted octanol–water partition coefficient (Wildman–Crippen LogP) is 4.79.